The molecule has 1 aliphatic heterocycles. The van der Waals surface area contributed by atoms with Gasteiger partial charge in [-0.1, -0.05) is 37.5 Å². The first-order chi connectivity index (χ1) is 11.9. The Morgan fingerprint density at radius 1 is 1.20 bits per heavy atom. The fourth-order valence-corrected chi connectivity index (χ4v) is 4.90. The van der Waals surface area contributed by atoms with E-state index in [9.17, 15) is 13.2 Å². The van der Waals surface area contributed by atoms with Crippen LogP contribution in [-0.2, 0) is 20.0 Å². The largest absolute Gasteiger partial charge is 0.341 e. The quantitative estimate of drug-likeness (QED) is 0.773. The summed E-state index contributed by atoms with van der Waals surface area (Å²) in [6.45, 7) is 5.41. The fourth-order valence-electron chi connectivity index (χ4n) is 4.27. The molecule has 1 aliphatic carbocycles. The van der Waals surface area contributed by atoms with Crippen molar-refractivity contribution in [3.63, 3.8) is 0 Å². The summed E-state index contributed by atoms with van der Waals surface area (Å²) in [5, 5.41) is 0. The van der Waals surface area contributed by atoms with E-state index in [1.54, 1.807) is 12.1 Å². The maximum atomic E-state index is 13.4. The van der Waals surface area contributed by atoms with Gasteiger partial charge in [0, 0.05) is 19.3 Å². The van der Waals surface area contributed by atoms with E-state index < -0.39 is 15.3 Å². The summed E-state index contributed by atoms with van der Waals surface area (Å²) in [7, 11) is -3.22. The van der Waals surface area contributed by atoms with E-state index in [1.807, 2.05) is 23.1 Å². The SMILES string of the molecule is C=C[C@@H]1CCN(C(=O)C2(c3ccc(S(C)(=O)=O)cc3)CCCCC2)C1. The number of sulfone groups is 1. The highest BCUT2D eigenvalue weighted by Gasteiger charge is 2.44. The van der Waals surface area contributed by atoms with Crippen LogP contribution < -0.4 is 0 Å². The molecular formula is C20H27NO3S. The Hall–Kier alpha value is -1.62. The molecule has 5 heteroatoms. The third kappa shape index (κ3) is 3.52. The van der Waals surface area contributed by atoms with Crippen molar-refractivity contribution in [3.05, 3.63) is 42.5 Å². The van der Waals surface area contributed by atoms with Crippen molar-refractivity contribution >= 4 is 15.7 Å². The van der Waals surface area contributed by atoms with Gasteiger partial charge in [0.2, 0.25) is 5.91 Å². The number of nitrogens with zero attached hydrogens (tertiary/aromatic N) is 1. The Morgan fingerprint density at radius 2 is 1.84 bits per heavy atom. The summed E-state index contributed by atoms with van der Waals surface area (Å²) in [5.74, 6) is 0.598. The minimum absolute atomic E-state index is 0.212. The van der Waals surface area contributed by atoms with Gasteiger partial charge in [-0.25, -0.2) is 8.42 Å². The molecule has 1 saturated heterocycles. The van der Waals surface area contributed by atoms with Crippen LogP contribution in [0.25, 0.3) is 0 Å². The Kier molecular flexibility index (Phi) is 5.05. The van der Waals surface area contributed by atoms with Gasteiger partial charge >= 0.3 is 0 Å². The third-order valence-electron chi connectivity index (χ3n) is 5.80. The molecule has 0 unspecified atom stereocenters. The lowest BCUT2D eigenvalue weighted by molar-refractivity contribution is -0.137. The molecule has 1 heterocycles. The molecular weight excluding hydrogens is 334 g/mol. The number of benzene rings is 1. The van der Waals surface area contributed by atoms with E-state index in [1.165, 1.54) is 6.26 Å². The van der Waals surface area contributed by atoms with Crippen LogP contribution in [0.4, 0.5) is 0 Å². The number of hydrogen-bond donors (Lipinski definition) is 0. The van der Waals surface area contributed by atoms with E-state index in [2.05, 4.69) is 6.58 Å². The Labute approximate surface area is 150 Å². The summed E-state index contributed by atoms with van der Waals surface area (Å²) in [6, 6.07) is 6.98. The van der Waals surface area contributed by atoms with E-state index >= 15 is 0 Å². The molecule has 2 fully saturated rings. The molecule has 136 valence electrons. The van der Waals surface area contributed by atoms with Gasteiger partial charge in [-0.15, -0.1) is 6.58 Å². The second-order valence-electron chi connectivity index (χ2n) is 7.47. The van der Waals surface area contributed by atoms with E-state index in [0.717, 1.165) is 57.2 Å². The smallest absolute Gasteiger partial charge is 0.233 e. The minimum atomic E-state index is -3.22. The van der Waals surface area contributed by atoms with Crippen molar-refractivity contribution in [2.24, 2.45) is 5.92 Å². The number of carbonyl (C=O) groups is 1. The first kappa shape index (κ1) is 18.2. The van der Waals surface area contributed by atoms with Gasteiger partial charge in [0.05, 0.1) is 10.3 Å². The van der Waals surface area contributed by atoms with Gasteiger partial charge in [-0.2, -0.15) is 0 Å². The lowest BCUT2D eigenvalue weighted by Crippen LogP contribution is -2.47. The second kappa shape index (κ2) is 6.94. The summed E-state index contributed by atoms with van der Waals surface area (Å²) in [4.78, 5) is 15.7. The van der Waals surface area contributed by atoms with Crippen LogP contribution in [0.1, 0.15) is 44.1 Å². The average Bonchev–Trinajstić information content (AvgIpc) is 3.10. The highest BCUT2D eigenvalue weighted by Crippen LogP contribution is 2.42. The summed E-state index contributed by atoms with van der Waals surface area (Å²) >= 11 is 0. The molecule has 0 bridgehead atoms. The summed E-state index contributed by atoms with van der Waals surface area (Å²) in [5.41, 5.74) is 0.469. The molecule has 0 N–H and O–H groups in total. The van der Waals surface area contributed by atoms with E-state index in [-0.39, 0.29) is 5.91 Å². The molecule has 1 aromatic rings. The van der Waals surface area contributed by atoms with Crippen molar-refractivity contribution in [3.8, 4) is 0 Å². The van der Waals surface area contributed by atoms with Crippen molar-refractivity contribution in [2.45, 2.75) is 48.8 Å². The number of amides is 1. The molecule has 0 aromatic heterocycles. The molecule has 3 rings (SSSR count). The van der Waals surface area contributed by atoms with Gasteiger partial charge in [-0.05, 0) is 42.9 Å². The maximum absolute atomic E-state index is 13.4. The van der Waals surface area contributed by atoms with E-state index in [4.69, 9.17) is 0 Å². The molecule has 4 nitrogen and oxygen atoms in total. The average molecular weight is 362 g/mol. The molecule has 1 atom stereocenters. The Balaban J connectivity index is 1.93. The number of rotatable bonds is 4. The van der Waals surface area contributed by atoms with Crippen LogP contribution in [0.2, 0.25) is 0 Å². The van der Waals surface area contributed by atoms with Gasteiger partial charge in [0.1, 0.15) is 0 Å². The van der Waals surface area contributed by atoms with Crippen LogP contribution in [0.15, 0.2) is 41.8 Å². The van der Waals surface area contributed by atoms with Crippen LogP contribution in [0.3, 0.4) is 0 Å². The molecule has 1 aromatic carbocycles. The standard InChI is InChI=1S/C20H27NO3S/c1-3-16-11-14-21(15-16)19(22)20(12-5-4-6-13-20)17-7-9-18(10-8-17)25(2,23)24/h3,7-10,16H,1,4-6,11-15H2,2H3/t16-/m1/s1. The molecule has 25 heavy (non-hydrogen) atoms. The van der Waals surface area contributed by atoms with Gasteiger partial charge < -0.3 is 4.90 Å². The van der Waals surface area contributed by atoms with Crippen LogP contribution in [-0.4, -0.2) is 38.6 Å². The maximum Gasteiger partial charge on any atom is 0.233 e. The van der Waals surface area contributed by atoms with Gasteiger partial charge in [0.15, 0.2) is 9.84 Å². The zero-order valence-corrected chi connectivity index (χ0v) is 15.7. The monoisotopic (exact) mass is 361 g/mol. The predicted molar refractivity (Wildman–Crippen MR) is 99.2 cm³/mol. The van der Waals surface area contributed by atoms with Crippen LogP contribution in [0, 0.1) is 5.92 Å². The molecule has 2 aliphatic rings. The zero-order valence-electron chi connectivity index (χ0n) is 14.9. The van der Waals surface area contributed by atoms with Crippen LogP contribution in [0.5, 0.6) is 0 Å². The summed E-state index contributed by atoms with van der Waals surface area (Å²) in [6.07, 6.45) is 9.07. The van der Waals surface area contributed by atoms with Crippen molar-refractivity contribution in [1.82, 2.24) is 4.90 Å². The first-order valence-electron chi connectivity index (χ1n) is 9.09. The first-order valence-corrected chi connectivity index (χ1v) is 11.0. The number of likely N-dealkylation sites (tertiary alicyclic amines) is 1. The Bertz CT molecular complexity index is 746. The zero-order chi connectivity index (χ0) is 18.1. The second-order valence-corrected chi connectivity index (χ2v) is 9.49. The highest BCUT2D eigenvalue weighted by molar-refractivity contribution is 7.90. The Morgan fingerprint density at radius 3 is 2.36 bits per heavy atom. The van der Waals surface area contributed by atoms with Crippen molar-refractivity contribution in [2.75, 3.05) is 19.3 Å². The predicted octanol–water partition coefficient (Wildman–Crippen LogP) is 3.33. The summed E-state index contributed by atoms with van der Waals surface area (Å²) < 4.78 is 23.5. The molecule has 0 radical (unpaired) electrons. The number of carbonyl (C=O) groups excluding carboxylic acids is 1. The molecule has 1 saturated carbocycles. The topological polar surface area (TPSA) is 54.5 Å². The highest BCUT2D eigenvalue weighted by atomic mass is 32.2. The molecule has 0 spiro atoms. The third-order valence-corrected chi connectivity index (χ3v) is 6.93. The minimum Gasteiger partial charge on any atom is -0.341 e. The van der Waals surface area contributed by atoms with E-state index in [0.29, 0.717) is 10.8 Å². The van der Waals surface area contributed by atoms with Gasteiger partial charge in [-0.3, -0.25) is 4.79 Å². The van der Waals surface area contributed by atoms with Crippen molar-refractivity contribution < 1.29 is 13.2 Å². The molecule has 1 amide bonds. The fraction of sp³-hybridized carbons (Fsp3) is 0.550. The lowest BCUT2D eigenvalue weighted by Gasteiger charge is -2.39. The van der Waals surface area contributed by atoms with Crippen molar-refractivity contribution in [1.29, 1.82) is 0 Å². The number of hydrogen-bond acceptors (Lipinski definition) is 3. The normalized spacial score (nSPS) is 23.4. The lowest BCUT2D eigenvalue weighted by atomic mass is 9.68. The van der Waals surface area contributed by atoms with Gasteiger partial charge in [0.25, 0.3) is 0 Å². The van der Waals surface area contributed by atoms with Crippen LogP contribution >= 0.6 is 0 Å².